The van der Waals surface area contributed by atoms with Gasteiger partial charge in [-0.25, -0.2) is 0 Å². The lowest BCUT2D eigenvalue weighted by atomic mass is 9.97. The maximum atomic E-state index is 12.8. The minimum Gasteiger partial charge on any atom is -0.480 e. The zero-order chi connectivity index (χ0) is 18.4. The molecule has 0 spiro atoms. The summed E-state index contributed by atoms with van der Waals surface area (Å²) in [5, 5.41) is 3.17. The Bertz CT molecular complexity index is 724. The average Bonchev–Trinajstić information content (AvgIpc) is 2.59. The Hall–Kier alpha value is -2.29. The SMILES string of the molecule is CC[C@H](NC(=O)[C@@H](CC)Oc1ccccc1C)c1ccc(C)cc1C. The number of aryl methyl sites for hydroxylation is 3. The first-order chi connectivity index (χ1) is 12.0. The highest BCUT2D eigenvalue weighted by molar-refractivity contribution is 5.81. The van der Waals surface area contributed by atoms with E-state index in [0.29, 0.717) is 6.42 Å². The first-order valence-electron chi connectivity index (χ1n) is 9.06. The van der Waals surface area contributed by atoms with Crippen molar-refractivity contribution in [1.82, 2.24) is 5.32 Å². The Labute approximate surface area is 151 Å². The van der Waals surface area contributed by atoms with Crippen LogP contribution in [-0.4, -0.2) is 12.0 Å². The van der Waals surface area contributed by atoms with Crippen LogP contribution < -0.4 is 10.1 Å². The molecule has 0 saturated heterocycles. The van der Waals surface area contributed by atoms with Gasteiger partial charge in [0.2, 0.25) is 0 Å². The van der Waals surface area contributed by atoms with Gasteiger partial charge in [-0.3, -0.25) is 4.79 Å². The molecule has 1 amide bonds. The molecule has 0 aromatic heterocycles. The lowest BCUT2D eigenvalue weighted by molar-refractivity contribution is -0.129. The zero-order valence-corrected chi connectivity index (χ0v) is 15.9. The number of amides is 1. The second kappa shape index (κ2) is 8.70. The maximum absolute atomic E-state index is 12.8. The van der Waals surface area contributed by atoms with Gasteiger partial charge in [0.25, 0.3) is 5.91 Å². The number of ether oxygens (including phenoxy) is 1. The van der Waals surface area contributed by atoms with Crippen LogP contribution in [0.15, 0.2) is 42.5 Å². The molecule has 0 heterocycles. The standard InChI is InChI=1S/C22H29NO2/c1-6-19(18-13-12-15(3)14-17(18)5)23-22(24)20(7-2)25-21-11-9-8-10-16(21)4/h8-14,19-20H,6-7H2,1-5H3,(H,23,24)/t19-,20+/m0/s1. The molecule has 0 fully saturated rings. The van der Waals surface area contributed by atoms with E-state index in [-0.39, 0.29) is 11.9 Å². The maximum Gasteiger partial charge on any atom is 0.261 e. The fourth-order valence-electron chi connectivity index (χ4n) is 3.05. The molecule has 2 rings (SSSR count). The zero-order valence-electron chi connectivity index (χ0n) is 15.9. The second-order valence-corrected chi connectivity index (χ2v) is 6.61. The highest BCUT2D eigenvalue weighted by atomic mass is 16.5. The molecule has 0 saturated carbocycles. The molecule has 0 aliphatic heterocycles. The Kier molecular flexibility index (Phi) is 6.63. The molecule has 0 unspecified atom stereocenters. The van der Waals surface area contributed by atoms with Crippen molar-refractivity contribution in [3.05, 3.63) is 64.7 Å². The van der Waals surface area contributed by atoms with Gasteiger partial charge in [0.15, 0.2) is 6.10 Å². The van der Waals surface area contributed by atoms with Crippen molar-refractivity contribution >= 4 is 5.91 Å². The van der Waals surface area contributed by atoms with E-state index in [9.17, 15) is 4.79 Å². The van der Waals surface area contributed by atoms with Gasteiger partial charge >= 0.3 is 0 Å². The van der Waals surface area contributed by atoms with E-state index in [2.05, 4.69) is 44.3 Å². The predicted molar refractivity (Wildman–Crippen MR) is 103 cm³/mol. The lowest BCUT2D eigenvalue weighted by Crippen LogP contribution is -2.40. The molecule has 134 valence electrons. The van der Waals surface area contributed by atoms with Crippen molar-refractivity contribution in [2.24, 2.45) is 0 Å². The lowest BCUT2D eigenvalue weighted by Gasteiger charge is -2.24. The summed E-state index contributed by atoms with van der Waals surface area (Å²) < 4.78 is 5.97. The molecular formula is C22H29NO2. The molecule has 3 heteroatoms. The fraction of sp³-hybridized carbons (Fsp3) is 0.409. The van der Waals surface area contributed by atoms with Gasteiger partial charge in [0, 0.05) is 0 Å². The summed E-state index contributed by atoms with van der Waals surface area (Å²) in [5.41, 5.74) is 4.65. The van der Waals surface area contributed by atoms with E-state index in [4.69, 9.17) is 4.74 Å². The molecule has 1 N–H and O–H groups in total. The van der Waals surface area contributed by atoms with Crippen LogP contribution in [0.2, 0.25) is 0 Å². The van der Waals surface area contributed by atoms with Crippen molar-refractivity contribution < 1.29 is 9.53 Å². The van der Waals surface area contributed by atoms with Gasteiger partial charge in [-0.05, 0) is 56.4 Å². The first kappa shape index (κ1) is 19.0. The predicted octanol–water partition coefficient (Wildman–Crippen LogP) is 5.04. The molecule has 0 radical (unpaired) electrons. The van der Waals surface area contributed by atoms with Crippen LogP contribution in [0.5, 0.6) is 5.75 Å². The van der Waals surface area contributed by atoms with E-state index in [0.717, 1.165) is 17.7 Å². The van der Waals surface area contributed by atoms with E-state index in [1.165, 1.54) is 16.7 Å². The summed E-state index contributed by atoms with van der Waals surface area (Å²) in [6.07, 6.45) is 0.987. The number of para-hydroxylation sites is 1. The number of carbonyl (C=O) groups excluding carboxylic acids is 1. The minimum absolute atomic E-state index is 0.00243. The van der Waals surface area contributed by atoms with E-state index < -0.39 is 6.10 Å². The molecule has 2 aromatic rings. The van der Waals surface area contributed by atoms with E-state index in [1.807, 2.05) is 38.1 Å². The van der Waals surface area contributed by atoms with Crippen LogP contribution in [0, 0.1) is 20.8 Å². The van der Waals surface area contributed by atoms with Crippen LogP contribution in [-0.2, 0) is 4.79 Å². The van der Waals surface area contributed by atoms with Crippen LogP contribution >= 0.6 is 0 Å². The Morgan fingerprint density at radius 1 is 1.00 bits per heavy atom. The summed E-state index contributed by atoms with van der Waals surface area (Å²) in [5.74, 6) is 0.710. The van der Waals surface area contributed by atoms with Crippen molar-refractivity contribution in [3.8, 4) is 5.75 Å². The highest BCUT2D eigenvalue weighted by Crippen LogP contribution is 2.23. The molecule has 2 atom stereocenters. The van der Waals surface area contributed by atoms with Crippen molar-refractivity contribution in [3.63, 3.8) is 0 Å². The smallest absolute Gasteiger partial charge is 0.261 e. The fourth-order valence-corrected chi connectivity index (χ4v) is 3.05. The van der Waals surface area contributed by atoms with Crippen LogP contribution in [0.1, 0.15) is 55.0 Å². The van der Waals surface area contributed by atoms with Gasteiger partial charge in [-0.1, -0.05) is 55.8 Å². The topological polar surface area (TPSA) is 38.3 Å². The molecule has 3 nitrogen and oxygen atoms in total. The number of rotatable bonds is 7. The molecular weight excluding hydrogens is 310 g/mol. The normalized spacial score (nSPS) is 13.2. The van der Waals surface area contributed by atoms with Crippen molar-refractivity contribution in [2.45, 2.75) is 59.6 Å². The van der Waals surface area contributed by atoms with Crippen LogP contribution in [0.3, 0.4) is 0 Å². The van der Waals surface area contributed by atoms with E-state index in [1.54, 1.807) is 0 Å². The Balaban J connectivity index is 2.12. The van der Waals surface area contributed by atoms with Crippen LogP contribution in [0.4, 0.5) is 0 Å². The third-order valence-electron chi connectivity index (χ3n) is 4.55. The number of nitrogens with one attached hydrogen (secondary N) is 1. The monoisotopic (exact) mass is 339 g/mol. The number of hydrogen-bond acceptors (Lipinski definition) is 2. The third kappa shape index (κ3) is 4.85. The largest absolute Gasteiger partial charge is 0.480 e. The number of benzene rings is 2. The molecule has 0 aliphatic rings. The summed E-state index contributed by atoms with van der Waals surface area (Å²) in [6, 6.07) is 14.2. The number of hydrogen-bond donors (Lipinski definition) is 1. The minimum atomic E-state index is -0.485. The highest BCUT2D eigenvalue weighted by Gasteiger charge is 2.23. The van der Waals surface area contributed by atoms with E-state index >= 15 is 0 Å². The Morgan fingerprint density at radius 2 is 1.72 bits per heavy atom. The second-order valence-electron chi connectivity index (χ2n) is 6.61. The molecule has 2 aromatic carbocycles. The van der Waals surface area contributed by atoms with Gasteiger partial charge in [0.05, 0.1) is 6.04 Å². The summed E-state index contributed by atoms with van der Waals surface area (Å²) in [6.45, 7) is 10.2. The molecule has 25 heavy (non-hydrogen) atoms. The first-order valence-corrected chi connectivity index (χ1v) is 9.06. The van der Waals surface area contributed by atoms with Gasteiger partial charge in [0.1, 0.15) is 5.75 Å². The van der Waals surface area contributed by atoms with Crippen molar-refractivity contribution in [1.29, 1.82) is 0 Å². The summed E-state index contributed by atoms with van der Waals surface area (Å²) in [7, 11) is 0. The molecule has 0 bridgehead atoms. The van der Waals surface area contributed by atoms with Crippen molar-refractivity contribution in [2.75, 3.05) is 0 Å². The molecule has 0 aliphatic carbocycles. The van der Waals surface area contributed by atoms with Gasteiger partial charge in [-0.15, -0.1) is 0 Å². The van der Waals surface area contributed by atoms with Crippen LogP contribution in [0.25, 0.3) is 0 Å². The average molecular weight is 339 g/mol. The summed E-state index contributed by atoms with van der Waals surface area (Å²) >= 11 is 0. The summed E-state index contributed by atoms with van der Waals surface area (Å²) in [4.78, 5) is 12.8. The quantitative estimate of drug-likeness (QED) is 0.768. The number of carbonyl (C=O) groups is 1. The van der Waals surface area contributed by atoms with Gasteiger partial charge in [-0.2, -0.15) is 0 Å². The Morgan fingerprint density at radius 3 is 2.32 bits per heavy atom. The third-order valence-corrected chi connectivity index (χ3v) is 4.55. The van der Waals surface area contributed by atoms with Gasteiger partial charge < -0.3 is 10.1 Å².